The van der Waals surface area contributed by atoms with Crippen LogP contribution >= 0.6 is 36.4 Å². The summed E-state index contributed by atoms with van der Waals surface area (Å²) in [6.07, 6.45) is 0.896. The van der Waals surface area contributed by atoms with Crippen molar-refractivity contribution in [3.8, 4) is 11.7 Å². The van der Waals surface area contributed by atoms with Crippen molar-refractivity contribution in [1.82, 2.24) is 29.8 Å². The molecule has 3 N–H and O–H groups in total. The van der Waals surface area contributed by atoms with E-state index in [1.165, 1.54) is 41.2 Å². The number of halogens is 6. The van der Waals surface area contributed by atoms with E-state index in [1.807, 2.05) is 4.72 Å². The van der Waals surface area contributed by atoms with E-state index in [0.717, 1.165) is 25.8 Å². The molecule has 1 saturated carbocycles. The Morgan fingerprint density at radius 2 is 1.88 bits per heavy atom. The van der Waals surface area contributed by atoms with Crippen LogP contribution in [0.15, 0.2) is 47.6 Å². The van der Waals surface area contributed by atoms with Crippen molar-refractivity contribution in [2.75, 3.05) is 25.0 Å². The van der Waals surface area contributed by atoms with Crippen LogP contribution in [0.3, 0.4) is 0 Å². The Kier molecular flexibility index (Phi) is 13.0. The number of nitrogens with zero attached hydrogens (tertiary/aromatic N) is 4. The summed E-state index contributed by atoms with van der Waals surface area (Å²) in [6.45, 7) is 6.06. The summed E-state index contributed by atoms with van der Waals surface area (Å²) in [7, 11) is -4.33. The lowest BCUT2D eigenvalue weighted by molar-refractivity contribution is -0.189. The molecular formula is C30H39Cl3F3N7O4S. The van der Waals surface area contributed by atoms with Crippen molar-refractivity contribution in [3.63, 3.8) is 0 Å². The Labute approximate surface area is 295 Å². The Balaban J connectivity index is 0.00000312. The minimum Gasteiger partial charge on any atom is -0.477 e. The van der Waals surface area contributed by atoms with Crippen LogP contribution in [0.2, 0.25) is 5.15 Å². The molecule has 1 saturated heterocycles. The van der Waals surface area contributed by atoms with Crippen molar-refractivity contribution in [2.45, 2.75) is 75.5 Å². The second-order valence-corrected chi connectivity index (χ2v) is 14.5. The highest BCUT2D eigenvalue weighted by atomic mass is 35.5. The van der Waals surface area contributed by atoms with E-state index in [0.29, 0.717) is 18.3 Å². The minimum atomic E-state index is -4.33. The van der Waals surface area contributed by atoms with Gasteiger partial charge in [-0.2, -0.15) is 21.6 Å². The lowest BCUT2D eigenvalue weighted by Crippen LogP contribution is -2.31. The van der Waals surface area contributed by atoms with Crippen molar-refractivity contribution in [2.24, 2.45) is 11.3 Å². The van der Waals surface area contributed by atoms with Crippen molar-refractivity contribution >= 4 is 58.2 Å². The molecule has 3 aromatic rings. The smallest absolute Gasteiger partial charge is 0.394 e. The first-order chi connectivity index (χ1) is 21.7. The molecule has 1 aliphatic carbocycles. The first-order valence-corrected chi connectivity index (χ1v) is 17.0. The van der Waals surface area contributed by atoms with Crippen LogP contribution in [0.4, 0.5) is 19.0 Å². The molecule has 5 rings (SSSR count). The topological polar surface area (TPSA) is 140 Å². The molecular weight excluding hydrogens is 718 g/mol. The van der Waals surface area contributed by atoms with E-state index >= 15 is 0 Å². The molecule has 0 radical (unpaired) electrons. The number of hydrogen-bond donors (Lipinski definition) is 3. The fraction of sp³-hybridized carbons (Fsp3) is 0.533. The zero-order chi connectivity index (χ0) is 33.2. The van der Waals surface area contributed by atoms with Gasteiger partial charge < -0.3 is 15.4 Å². The molecule has 4 heterocycles. The summed E-state index contributed by atoms with van der Waals surface area (Å²) in [5.74, 6) is 0.373. The van der Waals surface area contributed by atoms with Crippen LogP contribution in [0.5, 0.6) is 5.88 Å². The maximum absolute atomic E-state index is 13.1. The first kappa shape index (κ1) is 39.6. The number of amides is 1. The molecule has 11 nitrogen and oxygen atoms in total. The zero-order valence-corrected chi connectivity index (χ0v) is 29.6. The summed E-state index contributed by atoms with van der Waals surface area (Å²) >= 11 is 6.24. The van der Waals surface area contributed by atoms with Gasteiger partial charge in [-0.25, -0.2) is 19.4 Å². The van der Waals surface area contributed by atoms with Gasteiger partial charge in [-0.3, -0.25) is 4.79 Å². The zero-order valence-electron chi connectivity index (χ0n) is 26.3. The molecule has 3 aromatic heterocycles. The number of rotatable bonds is 14. The average Bonchev–Trinajstić information content (AvgIpc) is 3.51. The number of ether oxygens (including phenoxy) is 1. The molecule has 48 heavy (non-hydrogen) atoms. The standard InChI is InChI=1S/C30H37ClF3N7O4S.2ClH/c1-28(2)18-20(19-36-28)6-4-15-35-22-7-3-8-25(37-22)46(43,44)40-27(42)21-9-10-23(38-26(21)31)41-16-11-24(39-41)45-17-5-12-29(13-14-29)30(32,33)34;;/h3,7-11,16,20,36H,4-6,12-15,17-19H2,1-2H3,(H,35,37)(H,40,42);2*1H/t20-;;/m0../s1. The fourth-order valence-electron chi connectivity index (χ4n) is 5.64. The van der Waals surface area contributed by atoms with Gasteiger partial charge >= 0.3 is 6.18 Å². The highest BCUT2D eigenvalue weighted by molar-refractivity contribution is 7.90. The predicted molar refractivity (Wildman–Crippen MR) is 180 cm³/mol. The van der Waals surface area contributed by atoms with E-state index in [-0.39, 0.29) is 90.1 Å². The molecule has 1 aliphatic heterocycles. The molecule has 0 spiro atoms. The van der Waals surface area contributed by atoms with Gasteiger partial charge in [0, 0.05) is 24.3 Å². The highest BCUT2D eigenvalue weighted by Gasteiger charge is 2.62. The molecule has 1 atom stereocenters. The molecule has 0 bridgehead atoms. The molecule has 18 heteroatoms. The molecule has 266 valence electrons. The maximum atomic E-state index is 13.1. The summed E-state index contributed by atoms with van der Waals surface area (Å²) in [5.41, 5.74) is -1.61. The van der Waals surface area contributed by atoms with Gasteiger partial charge in [-0.1, -0.05) is 17.7 Å². The normalized spacial score (nSPS) is 17.9. The number of aromatic nitrogens is 4. The van der Waals surface area contributed by atoms with E-state index in [2.05, 4.69) is 39.5 Å². The summed E-state index contributed by atoms with van der Waals surface area (Å²) in [4.78, 5) is 21.2. The number of sulfonamides is 1. The number of anilines is 1. The quantitative estimate of drug-likeness (QED) is 0.127. The van der Waals surface area contributed by atoms with E-state index in [1.54, 1.807) is 6.07 Å². The van der Waals surface area contributed by atoms with E-state index < -0.39 is 27.5 Å². The Morgan fingerprint density at radius 1 is 1.12 bits per heavy atom. The SMILES string of the molecule is CC1(C)C[C@H](CCCNc2cccc(S(=O)(=O)NC(=O)c3ccc(-n4ccc(OCCCC5(C(F)(F)F)CC5)n4)nc3Cl)n2)CN1.Cl.Cl. The monoisotopic (exact) mass is 755 g/mol. The number of carbonyl (C=O) groups excluding carboxylic acids is 1. The van der Waals surface area contributed by atoms with Crippen LogP contribution in [-0.2, 0) is 10.0 Å². The van der Waals surface area contributed by atoms with Crippen molar-refractivity contribution in [1.29, 1.82) is 0 Å². The third-order valence-electron chi connectivity index (χ3n) is 8.37. The minimum absolute atomic E-state index is 0. The summed E-state index contributed by atoms with van der Waals surface area (Å²) in [5, 5.41) is 10.2. The number of hydrogen-bond acceptors (Lipinski definition) is 9. The van der Waals surface area contributed by atoms with Crippen LogP contribution in [0, 0.1) is 11.3 Å². The summed E-state index contributed by atoms with van der Waals surface area (Å²) in [6, 6.07) is 8.71. The second kappa shape index (κ2) is 15.8. The van der Waals surface area contributed by atoms with Gasteiger partial charge in [0.15, 0.2) is 10.8 Å². The largest absolute Gasteiger partial charge is 0.477 e. The number of alkyl halides is 3. The van der Waals surface area contributed by atoms with Gasteiger partial charge in [-0.15, -0.1) is 29.9 Å². The molecule has 0 aromatic carbocycles. The van der Waals surface area contributed by atoms with E-state index in [4.69, 9.17) is 16.3 Å². The lowest BCUT2D eigenvalue weighted by Gasteiger charge is -2.18. The summed E-state index contributed by atoms with van der Waals surface area (Å²) < 4.78 is 74.0. The van der Waals surface area contributed by atoms with Gasteiger partial charge in [-0.05, 0) is 95.5 Å². The molecule has 1 amide bonds. The number of nitrogens with one attached hydrogen (secondary N) is 3. The number of pyridine rings is 2. The Bertz CT molecular complexity index is 1670. The number of carbonyl (C=O) groups is 1. The molecule has 0 unspecified atom stereocenters. The Hall–Kier alpha value is -2.85. The third kappa shape index (κ3) is 9.87. The van der Waals surface area contributed by atoms with Gasteiger partial charge in [0.2, 0.25) is 5.88 Å². The third-order valence-corrected chi connectivity index (χ3v) is 9.89. The van der Waals surface area contributed by atoms with Crippen LogP contribution in [-0.4, -0.2) is 65.5 Å². The fourth-order valence-corrected chi connectivity index (χ4v) is 6.81. The van der Waals surface area contributed by atoms with Crippen molar-refractivity contribution in [3.05, 3.63) is 53.3 Å². The predicted octanol–water partition coefficient (Wildman–Crippen LogP) is 6.36. The van der Waals surface area contributed by atoms with Gasteiger partial charge in [0.05, 0.1) is 17.6 Å². The first-order valence-electron chi connectivity index (χ1n) is 15.1. The van der Waals surface area contributed by atoms with Crippen LogP contribution in [0.1, 0.15) is 69.2 Å². The lowest BCUT2D eigenvalue weighted by atomic mass is 9.94. The van der Waals surface area contributed by atoms with Crippen LogP contribution in [0.25, 0.3) is 5.82 Å². The Morgan fingerprint density at radius 3 is 2.52 bits per heavy atom. The molecule has 2 fully saturated rings. The van der Waals surface area contributed by atoms with Gasteiger partial charge in [0.1, 0.15) is 11.0 Å². The molecule has 2 aliphatic rings. The van der Waals surface area contributed by atoms with Crippen LogP contribution < -0.4 is 20.1 Å². The van der Waals surface area contributed by atoms with E-state index in [9.17, 15) is 26.4 Å². The highest BCUT2D eigenvalue weighted by Crippen LogP contribution is 2.60. The van der Waals surface area contributed by atoms with Gasteiger partial charge in [0.25, 0.3) is 15.9 Å². The van der Waals surface area contributed by atoms with Crippen molar-refractivity contribution < 1.29 is 31.1 Å². The maximum Gasteiger partial charge on any atom is 0.394 e. The average molecular weight is 757 g/mol. The second-order valence-electron chi connectivity index (χ2n) is 12.5.